The summed E-state index contributed by atoms with van der Waals surface area (Å²) in [5.74, 6) is 0. The number of amides is 2. The molecule has 26 heavy (non-hydrogen) atoms. The van der Waals surface area contributed by atoms with E-state index in [4.69, 9.17) is 0 Å². The lowest BCUT2D eigenvalue weighted by Gasteiger charge is -2.32. The van der Waals surface area contributed by atoms with Crippen LogP contribution < -0.4 is 16.2 Å². The molecule has 138 valence electrons. The van der Waals surface area contributed by atoms with Crippen LogP contribution in [-0.2, 0) is 6.54 Å². The van der Waals surface area contributed by atoms with Crippen molar-refractivity contribution >= 4 is 16.8 Å². The van der Waals surface area contributed by atoms with Gasteiger partial charge in [-0.05, 0) is 42.8 Å². The Morgan fingerprint density at radius 3 is 2.85 bits per heavy atom. The van der Waals surface area contributed by atoms with Gasteiger partial charge in [0.15, 0.2) is 0 Å². The van der Waals surface area contributed by atoms with E-state index in [9.17, 15) is 9.59 Å². The van der Waals surface area contributed by atoms with Gasteiger partial charge < -0.3 is 20.5 Å². The summed E-state index contributed by atoms with van der Waals surface area (Å²) in [5, 5.41) is 8.07. The Balaban J connectivity index is 1.47. The van der Waals surface area contributed by atoms with Crippen LogP contribution >= 0.6 is 0 Å². The highest BCUT2D eigenvalue weighted by Crippen LogP contribution is 2.34. The van der Waals surface area contributed by atoms with E-state index in [2.05, 4.69) is 15.6 Å². The van der Waals surface area contributed by atoms with Gasteiger partial charge in [0, 0.05) is 43.2 Å². The van der Waals surface area contributed by atoms with E-state index < -0.39 is 0 Å². The fourth-order valence-electron chi connectivity index (χ4n) is 4.38. The molecule has 2 aliphatic heterocycles. The van der Waals surface area contributed by atoms with Crippen molar-refractivity contribution in [1.82, 2.24) is 20.5 Å². The predicted octanol–water partition coefficient (Wildman–Crippen LogP) is 2.20. The van der Waals surface area contributed by atoms with Crippen molar-refractivity contribution in [1.29, 1.82) is 0 Å². The van der Waals surface area contributed by atoms with Gasteiger partial charge in [-0.15, -0.1) is 0 Å². The molecule has 1 aromatic heterocycles. The van der Waals surface area contributed by atoms with Gasteiger partial charge in [-0.3, -0.25) is 4.79 Å². The van der Waals surface area contributed by atoms with E-state index in [1.54, 1.807) is 6.20 Å². The molecule has 0 bridgehead atoms. The van der Waals surface area contributed by atoms with E-state index in [1.807, 2.05) is 29.2 Å². The molecule has 1 unspecified atom stereocenters. The first kappa shape index (κ1) is 17.1. The van der Waals surface area contributed by atoms with Crippen LogP contribution in [0, 0.1) is 5.41 Å². The Hall–Kier alpha value is -2.34. The highest BCUT2D eigenvalue weighted by atomic mass is 16.2. The molecule has 2 amide bonds. The fourth-order valence-corrected chi connectivity index (χ4v) is 4.38. The number of nitrogens with one attached hydrogen (secondary N) is 3. The maximum Gasteiger partial charge on any atom is 0.317 e. The molecule has 6 nitrogen and oxygen atoms in total. The number of rotatable bonds is 2. The standard InChI is InChI=1S/C20H26N4O2/c25-18-17-6-2-1-5-16(17)15(11-22-18)12-23-19(26)24-10-4-3-7-20(14-24)8-9-21-13-20/h1-2,5-6,11,21H,3-4,7-10,12-14H2,(H,22,25)(H,23,26). The van der Waals surface area contributed by atoms with E-state index in [0.717, 1.165) is 50.0 Å². The number of fused-ring (bicyclic) bond motifs is 1. The summed E-state index contributed by atoms with van der Waals surface area (Å²) in [6.07, 6.45) is 6.32. The van der Waals surface area contributed by atoms with Crippen LogP contribution in [0.4, 0.5) is 4.79 Å². The third-order valence-electron chi connectivity index (χ3n) is 5.86. The third-order valence-corrected chi connectivity index (χ3v) is 5.86. The zero-order chi connectivity index (χ0) is 18.0. The normalized spacial score (nSPS) is 23.3. The number of hydrogen-bond acceptors (Lipinski definition) is 3. The van der Waals surface area contributed by atoms with Crippen LogP contribution in [0.2, 0.25) is 0 Å². The van der Waals surface area contributed by atoms with Gasteiger partial charge in [-0.1, -0.05) is 24.6 Å². The van der Waals surface area contributed by atoms with Gasteiger partial charge in [-0.2, -0.15) is 0 Å². The van der Waals surface area contributed by atoms with Crippen LogP contribution in [0.3, 0.4) is 0 Å². The number of aromatic nitrogens is 1. The highest BCUT2D eigenvalue weighted by molar-refractivity contribution is 5.85. The maximum atomic E-state index is 12.8. The molecule has 0 radical (unpaired) electrons. The molecule has 1 spiro atoms. The number of H-pyrrole nitrogens is 1. The second kappa shape index (κ2) is 7.11. The van der Waals surface area contributed by atoms with Crippen molar-refractivity contribution in [3.63, 3.8) is 0 Å². The second-order valence-electron chi connectivity index (χ2n) is 7.65. The minimum absolute atomic E-state index is 0.00606. The first-order valence-electron chi connectivity index (χ1n) is 9.50. The molecular formula is C20H26N4O2. The van der Waals surface area contributed by atoms with Gasteiger partial charge in [0.2, 0.25) is 0 Å². The lowest BCUT2D eigenvalue weighted by molar-refractivity contribution is 0.168. The summed E-state index contributed by atoms with van der Waals surface area (Å²) < 4.78 is 0. The quantitative estimate of drug-likeness (QED) is 0.774. The molecule has 4 rings (SSSR count). The molecular weight excluding hydrogens is 328 g/mol. The van der Waals surface area contributed by atoms with E-state index in [0.29, 0.717) is 11.9 Å². The monoisotopic (exact) mass is 354 g/mol. The highest BCUT2D eigenvalue weighted by Gasteiger charge is 2.37. The molecule has 6 heteroatoms. The van der Waals surface area contributed by atoms with Gasteiger partial charge in [-0.25, -0.2) is 4.79 Å². The van der Waals surface area contributed by atoms with Crippen LogP contribution in [0.15, 0.2) is 35.3 Å². The van der Waals surface area contributed by atoms with Crippen LogP contribution in [-0.4, -0.2) is 42.1 Å². The Morgan fingerprint density at radius 2 is 2.04 bits per heavy atom. The zero-order valence-electron chi connectivity index (χ0n) is 15.0. The average Bonchev–Trinajstić information content (AvgIpc) is 3.01. The van der Waals surface area contributed by atoms with Crippen LogP contribution in [0.1, 0.15) is 31.2 Å². The van der Waals surface area contributed by atoms with Gasteiger partial charge >= 0.3 is 6.03 Å². The van der Waals surface area contributed by atoms with Crippen LogP contribution in [0.5, 0.6) is 0 Å². The summed E-state index contributed by atoms with van der Waals surface area (Å²) >= 11 is 0. The van der Waals surface area contributed by atoms with Crippen molar-refractivity contribution in [2.45, 2.75) is 32.2 Å². The molecule has 0 saturated carbocycles. The third kappa shape index (κ3) is 3.33. The number of carbonyl (C=O) groups is 1. The van der Waals surface area contributed by atoms with Gasteiger partial charge in [0.25, 0.3) is 5.56 Å². The first-order chi connectivity index (χ1) is 12.7. The summed E-state index contributed by atoms with van der Waals surface area (Å²) in [4.78, 5) is 29.5. The Bertz CT molecular complexity index is 854. The van der Waals surface area contributed by atoms with E-state index in [1.165, 1.54) is 12.8 Å². The molecule has 2 aliphatic rings. The number of carbonyl (C=O) groups excluding carboxylic acids is 1. The van der Waals surface area contributed by atoms with Crippen molar-refractivity contribution in [3.05, 3.63) is 46.4 Å². The molecule has 0 aliphatic carbocycles. The Labute approximate surface area is 153 Å². The predicted molar refractivity (Wildman–Crippen MR) is 102 cm³/mol. The molecule has 3 heterocycles. The number of benzene rings is 1. The average molecular weight is 354 g/mol. The number of pyridine rings is 1. The molecule has 2 fully saturated rings. The van der Waals surface area contributed by atoms with Gasteiger partial charge in [0.05, 0.1) is 0 Å². The number of urea groups is 1. The molecule has 1 aromatic carbocycles. The Kier molecular flexibility index (Phi) is 4.68. The second-order valence-corrected chi connectivity index (χ2v) is 7.65. The number of aromatic amines is 1. The van der Waals surface area contributed by atoms with E-state index in [-0.39, 0.29) is 17.0 Å². The molecule has 3 N–H and O–H groups in total. The zero-order valence-corrected chi connectivity index (χ0v) is 15.0. The minimum atomic E-state index is -0.0983. The summed E-state index contributed by atoms with van der Waals surface area (Å²) in [6.45, 7) is 4.14. The Morgan fingerprint density at radius 1 is 1.19 bits per heavy atom. The first-order valence-corrected chi connectivity index (χ1v) is 9.50. The lowest BCUT2D eigenvalue weighted by Crippen LogP contribution is -2.45. The number of nitrogens with zero attached hydrogens (tertiary/aromatic N) is 1. The van der Waals surface area contributed by atoms with Crippen molar-refractivity contribution in [2.24, 2.45) is 5.41 Å². The largest absolute Gasteiger partial charge is 0.334 e. The number of hydrogen-bond donors (Lipinski definition) is 3. The van der Waals surface area contributed by atoms with Crippen molar-refractivity contribution in [3.8, 4) is 0 Å². The summed E-state index contributed by atoms with van der Waals surface area (Å²) in [7, 11) is 0. The molecule has 2 aromatic rings. The topological polar surface area (TPSA) is 77.2 Å². The SMILES string of the molecule is O=C(NCc1c[nH]c(=O)c2ccccc12)N1CCCCC2(CCNC2)C1. The smallest absolute Gasteiger partial charge is 0.317 e. The van der Waals surface area contributed by atoms with Gasteiger partial charge in [0.1, 0.15) is 0 Å². The van der Waals surface area contributed by atoms with Crippen LogP contribution in [0.25, 0.3) is 10.8 Å². The lowest BCUT2D eigenvalue weighted by atomic mass is 9.82. The summed E-state index contributed by atoms with van der Waals surface area (Å²) in [5.41, 5.74) is 1.08. The molecule has 1 atom stereocenters. The minimum Gasteiger partial charge on any atom is -0.334 e. The fraction of sp³-hybridized carbons (Fsp3) is 0.500. The number of likely N-dealkylation sites (tertiary alicyclic amines) is 1. The van der Waals surface area contributed by atoms with Crippen molar-refractivity contribution < 1.29 is 4.79 Å². The molecule has 2 saturated heterocycles. The summed E-state index contributed by atoms with van der Waals surface area (Å²) in [6, 6.07) is 7.50. The van der Waals surface area contributed by atoms with E-state index >= 15 is 0 Å². The van der Waals surface area contributed by atoms with Crippen molar-refractivity contribution in [2.75, 3.05) is 26.2 Å². The maximum absolute atomic E-state index is 12.8.